The molecule has 29 heavy (non-hydrogen) atoms. The topological polar surface area (TPSA) is 106 Å². The van der Waals surface area contributed by atoms with Crippen LogP contribution in [-0.4, -0.2) is 27.1 Å². The zero-order valence-corrected chi connectivity index (χ0v) is 17.5. The molecular weight excluding hydrogens is 432 g/mol. The van der Waals surface area contributed by atoms with Gasteiger partial charge in [0, 0.05) is 22.9 Å². The van der Waals surface area contributed by atoms with Crippen LogP contribution in [0.25, 0.3) is 20.7 Å². The molecule has 0 aromatic carbocycles. The number of thioether (sulfide) groups is 1. The van der Waals surface area contributed by atoms with Gasteiger partial charge in [0.15, 0.2) is 10.9 Å². The Labute approximate surface area is 176 Å². The lowest BCUT2D eigenvalue weighted by atomic mass is 10.2. The van der Waals surface area contributed by atoms with Gasteiger partial charge in [-0.2, -0.15) is 0 Å². The van der Waals surface area contributed by atoms with Crippen LogP contribution in [0, 0.1) is 0 Å². The number of hydrogen-bond acceptors (Lipinski definition) is 8. The molecule has 0 atom stereocenters. The molecular formula is C18H14N4O4S3. The van der Waals surface area contributed by atoms with Crippen LogP contribution in [0.15, 0.2) is 55.7 Å². The predicted molar refractivity (Wildman–Crippen MR) is 113 cm³/mol. The van der Waals surface area contributed by atoms with E-state index in [0.717, 1.165) is 22.2 Å². The highest BCUT2D eigenvalue weighted by Crippen LogP contribution is 2.34. The van der Waals surface area contributed by atoms with E-state index in [1.165, 1.54) is 28.2 Å². The molecule has 8 nitrogen and oxygen atoms in total. The summed E-state index contributed by atoms with van der Waals surface area (Å²) in [5, 5.41) is 4.90. The standard InChI is InChI=1S/C18H14N4O4S3/c1-22-17(25)14-10(12-5-3-7-27-12)8-28-16(14)19-18(22)29-9-13(23)20-21-15(24)11-4-2-6-26-11/h2-8H,9H2,1H3,(H,20,23)(H,21,24). The Hall–Kier alpha value is -2.89. The number of nitrogens with zero attached hydrogens (tertiary/aromatic N) is 2. The summed E-state index contributed by atoms with van der Waals surface area (Å²) in [4.78, 5) is 42.8. The van der Waals surface area contributed by atoms with E-state index in [4.69, 9.17) is 4.42 Å². The van der Waals surface area contributed by atoms with Crippen molar-refractivity contribution in [1.29, 1.82) is 0 Å². The van der Waals surface area contributed by atoms with Crippen LogP contribution in [0.5, 0.6) is 0 Å². The fourth-order valence-electron chi connectivity index (χ4n) is 2.56. The van der Waals surface area contributed by atoms with Crippen molar-refractivity contribution in [2.75, 3.05) is 5.75 Å². The van der Waals surface area contributed by atoms with Gasteiger partial charge in [-0.15, -0.1) is 22.7 Å². The third kappa shape index (κ3) is 3.97. The number of amides is 2. The molecule has 148 valence electrons. The van der Waals surface area contributed by atoms with Gasteiger partial charge in [-0.3, -0.25) is 29.8 Å². The fraction of sp³-hybridized carbons (Fsp3) is 0.111. The van der Waals surface area contributed by atoms with Crippen LogP contribution in [0.1, 0.15) is 10.6 Å². The van der Waals surface area contributed by atoms with Crippen molar-refractivity contribution in [3.05, 3.63) is 57.4 Å². The van der Waals surface area contributed by atoms with Crippen LogP contribution < -0.4 is 16.4 Å². The lowest BCUT2D eigenvalue weighted by Gasteiger charge is -2.08. The summed E-state index contributed by atoms with van der Waals surface area (Å²) in [5.41, 5.74) is 5.29. The number of furan rings is 1. The summed E-state index contributed by atoms with van der Waals surface area (Å²) in [5.74, 6) is -0.922. The molecule has 0 aliphatic heterocycles. The number of rotatable bonds is 5. The minimum absolute atomic E-state index is 0.0205. The Bertz CT molecular complexity index is 1230. The molecule has 4 heterocycles. The van der Waals surface area contributed by atoms with Crippen molar-refractivity contribution in [3.63, 3.8) is 0 Å². The van der Waals surface area contributed by atoms with Gasteiger partial charge in [0.05, 0.1) is 17.4 Å². The second-order valence-corrected chi connectivity index (χ2v) is 8.58. The van der Waals surface area contributed by atoms with Crippen LogP contribution in [0.4, 0.5) is 0 Å². The van der Waals surface area contributed by atoms with Gasteiger partial charge in [0.1, 0.15) is 4.83 Å². The first kappa shape index (κ1) is 19.4. The molecule has 0 bridgehead atoms. The fourth-order valence-corrected chi connectivity index (χ4v) is 5.13. The third-order valence-electron chi connectivity index (χ3n) is 3.95. The first-order chi connectivity index (χ1) is 14.0. The van der Waals surface area contributed by atoms with E-state index in [0.29, 0.717) is 15.4 Å². The highest BCUT2D eigenvalue weighted by Gasteiger charge is 2.17. The zero-order valence-electron chi connectivity index (χ0n) is 15.0. The highest BCUT2D eigenvalue weighted by molar-refractivity contribution is 7.99. The maximum Gasteiger partial charge on any atom is 0.305 e. The number of fused-ring (bicyclic) bond motifs is 1. The summed E-state index contributed by atoms with van der Waals surface area (Å²) in [6.45, 7) is 0. The van der Waals surface area contributed by atoms with E-state index < -0.39 is 11.8 Å². The average Bonchev–Trinajstić information content (AvgIpc) is 3.47. The summed E-state index contributed by atoms with van der Waals surface area (Å²) in [6.07, 6.45) is 1.36. The molecule has 0 unspecified atom stereocenters. The molecule has 0 spiro atoms. The average molecular weight is 447 g/mol. The van der Waals surface area contributed by atoms with E-state index >= 15 is 0 Å². The molecule has 2 N–H and O–H groups in total. The minimum atomic E-state index is -0.556. The molecule has 4 rings (SSSR count). The van der Waals surface area contributed by atoms with Gasteiger partial charge < -0.3 is 4.42 Å². The smallest absolute Gasteiger partial charge is 0.305 e. The number of aromatic nitrogens is 2. The second kappa shape index (κ2) is 8.23. The summed E-state index contributed by atoms with van der Waals surface area (Å²) >= 11 is 4.08. The number of thiophene rings is 2. The molecule has 0 fully saturated rings. The van der Waals surface area contributed by atoms with Crippen molar-refractivity contribution < 1.29 is 14.0 Å². The maximum absolute atomic E-state index is 12.9. The van der Waals surface area contributed by atoms with Gasteiger partial charge in [0.2, 0.25) is 5.91 Å². The lowest BCUT2D eigenvalue weighted by Crippen LogP contribution is -2.42. The molecule has 4 aromatic heterocycles. The highest BCUT2D eigenvalue weighted by atomic mass is 32.2. The summed E-state index contributed by atoms with van der Waals surface area (Å²) in [7, 11) is 1.63. The molecule has 2 amide bonds. The van der Waals surface area contributed by atoms with Crippen molar-refractivity contribution in [1.82, 2.24) is 20.4 Å². The van der Waals surface area contributed by atoms with Crippen LogP contribution in [0.3, 0.4) is 0 Å². The summed E-state index contributed by atoms with van der Waals surface area (Å²) in [6, 6.07) is 6.96. The Morgan fingerprint density at radius 3 is 2.83 bits per heavy atom. The van der Waals surface area contributed by atoms with Crippen molar-refractivity contribution in [2.24, 2.45) is 7.05 Å². The Morgan fingerprint density at radius 2 is 2.10 bits per heavy atom. The first-order valence-corrected chi connectivity index (χ1v) is 11.1. The van der Waals surface area contributed by atoms with Gasteiger partial charge in [-0.05, 0) is 23.6 Å². The third-order valence-corrected chi connectivity index (χ3v) is 6.76. The normalized spacial score (nSPS) is 10.9. The van der Waals surface area contributed by atoms with Crippen molar-refractivity contribution in [2.45, 2.75) is 5.16 Å². The number of carbonyl (C=O) groups is 2. The van der Waals surface area contributed by atoms with Crippen LogP contribution >= 0.6 is 34.4 Å². The van der Waals surface area contributed by atoms with Crippen molar-refractivity contribution in [3.8, 4) is 10.4 Å². The van der Waals surface area contributed by atoms with Crippen molar-refractivity contribution >= 4 is 56.5 Å². The van der Waals surface area contributed by atoms with E-state index in [-0.39, 0.29) is 17.1 Å². The quantitative estimate of drug-likeness (QED) is 0.277. The van der Waals surface area contributed by atoms with Gasteiger partial charge in [-0.25, -0.2) is 4.98 Å². The Morgan fingerprint density at radius 1 is 1.24 bits per heavy atom. The summed E-state index contributed by atoms with van der Waals surface area (Å²) < 4.78 is 6.38. The number of carbonyl (C=O) groups excluding carboxylic acids is 2. The monoisotopic (exact) mass is 446 g/mol. The predicted octanol–water partition coefficient (Wildman–Crippen LogP) is 2.87. The molecule has 0 saturated heterocycles. The molecule has 0 aliphatic rings. The van der Waals surface area contributed by atoms with Crippen LogP contribution in [-0.2, 0) is 11.8 Å². The Balaban J connectivity index is 1.46. The molecule has 0 aliphatic carbocycles. The van der Waals surface area contributed by atoms with E-state index in [1.54, 1.807) is 24.5 Å². The molecule has 11 heteroatoms. The van der Waals surface area contributed by atoms with Gasteiger partial charge in [-0.1, -0.05) is 17.8 Å². The van der Waals surface area contributed by atoms with E-state index in [1.807, 2.05) is 22.9 Å². The second-order valence-electron chi connectivity index (χ2n) is 5.83. The largest absolute Gasteiger partial charge is 0.459 e. The molecule has 0 saturated carbocycles. The van der Waals surface area contributed by atoms with Gasteiger partial charge >= 0.3 is 5.91 Å². The van der Waals surface area contributed by atoms with E-state index in [2.05, 4.69) is 15.8 Å². The van der Waals surface area contributed by atoms with Gasteiger partial charge in [0.25, 0.3) is 5.56 Å². The number of nitrogens with one attached hydrogen (secondary N) is 2. The molecule has 4 aromatic rings. The zero-order chi connectivity index (χ0) is 20.4. The maximum atomic E-state index is 12.9. The van der Waals surface area contributed by atoms with Crippen LogP contribution in [0.2, 0.25) is 0 Å². The molecule has 0 radical (unpaired) electrons. The SMILES string of the molecule is Cn1c(SCC(=O)NNC(=O)c2ccco2)nc2scc(-c3cccs3)c2c1=O. The number of hydrazine groups is 1. The first-order valence-electron chi connectivity index (χ1n) is 8.32. The van der Waals surface area contributed by atoms with E-state index in [9.17, 15) is 14.4 Å². The number of hydrogen-bond donors (Lipinski definition) is 2. The Kier molecular flexibility index (Phi) is 5.51. The lowest BCUT2D eigenvalue weighted by molar-refractivity contribution is -0.119. The minimum Gasteiger partial charge on any atom is -0.459 e.